The SMILES string of the molecule is O=c1[nH]cc(F)c(=O)n1CCc1ccccc1. The van der Waals surface area contributed by atoms with Crippen LogP contribution >= 0.6 is 0 Å². The van der Waals surface area contributed by atoms with Gasteiger partial charge in [-0.15, -0.1) is 0 Å². The van der Waals surface area contributed by atoms with Gasteiger partial charge in [0.25, 0.3) is 5.56 Å². The van der Waals surface area contributed by atoms with Crippen LogP contribution in [0.5, 0.6) is 0 Å². The predicted octanol–water partition coefficient (Wildman–Crippen LogP) is 0.918. The van der Waals surface area contributed by atoms with Gasteiger partial charge in [-0.1, -0.05) is 30.3 Å². The number of halogens is 1. The van der Waals surface area contributed by atoms with Crippen LogP contribution in [0.3, 0.4) is 0 Å². The van der Waals surface area contributed by atoms with E-state index in [0.29, 0.717) is 6.42 Å². The third-order valence-electron chi connectivity index (χ3n) is 2.48. The number of aromatic amines is 1. The van der Waals surface area contributed by atoms with Crippen LogP contribution in [0.2, 0.25) is 0 Å². The topological polar surface area (TPSA) is 54.9 Å². The van der Waals surface area contributed by atoms with Crippen molar-refractivity contribution in [3.05, 3.63) is 68.7 Å². The lowest BCUT2D eigenvalue weighted by Gasteiger charge is -2.04. The minimum absolute atomic E-state index is 0.163. The molecule has 1 aromatic carbocycles. The van der Waals surface area contributed by atoms with Gasteiger partial charge in [-0.2, -0.15) is 4.39 Å². The fraction of sp³-hybridized carbons (Fsp3) is 0.167. The zero-order valence-corrected chi connectivity index (χ0v) is 9.02. The third-order valence-corrected chi connectivity index (χ3v) is 2.48. The van der Waals surface area contributed by atoms with Gasteiger partial charge in [-0.25, -0.2) is 4.79 Å². The van der Waals surface area contributed by atoms with Crippen LogP contribution in [-0.4, -0.2) is 9.55 Å². The van der Waals surface area contributed by atoms with Crippen LogP contribution in [0.15, 0.2) is 46.1 Å². The van der Waals surface area contributed by atoms with Crippen molar-refractivity contribution < 1.29 is 4.39 Å². The highest BCUT2D eigenvalue weighted by Crippen LogP contribution is 1.99. The van der Waals surface area contributed by atoms with Crippen molar-refractivity contribution in [3.8, 4) is 0 Å². The maximum absolute atomic E-state index is 13.0. The highest BCUT2D eigenvalue weighted by atomic mass is 19.1. The van der Waals surface area contributed by atoms with Crippen molar-refractivity contribution in [3.63, 3.8) is 0 Å². The van der Waals surface area contributed by atoms with Crippen molar-refractivity contribution >= 4 is 0 Å². The Morgan fingerprint density at radius 1 is 1.18 bits per heavy atom. The van der Waals surface area contributed by atoms with Gasteiger partial charge in [0.1, 0.15) is 0 Å². The molecule has 17 heavy (non-hydrogen) atoms. The molecule has 1 heterocycles. The van der Waals surface area contributed by atoms with E-state index >= 15 is 0 Å². The fourth-order valence-corrected chi connectivity index (χ4v) is 1.57. The molecule has 0 saturated carbocycles. The number of rotatable bonds is 3. The molecule has 0 aliphatic carbocycles. The number of aryl methyl sites for hydroxylation is 1. The number of nitrogens with one attached hydrogen (secondary N) is 1. The third kappa shape index (κ3) is 2.50. The van der Waals surface area contributed by atoms with Crippen molar-refractivity contribution in [2.24, 2.45) is 0 Å². The summed E-state index contributed by atoms with van der Waals surface area (Å²) < 4.78 is 13.8. The molecular weight excluding hydrogens is 223 g/mol. The van der Waals surface area contributed by atoms with E-state index in [2.05, 4.69) is 4.98 Å². The van der Waals surface area contributed by atoms with E-state index in [0.717, 1.165) is 16.3 Å². The average Bonchev–Trinajstić information content (AvgIpc) is 2.35. The van der Waals surface area contributed by atoms with Crippen LogP contribution < -0.4 is 11.2 Å². The molecule has 2 aromatic rings. The molecule has 0 radical (unpaired) electrons. The summed E-state index contributed by atoms with van der Waals surface area (Å²) in [5, 5.41) is 0. The predicted molar refractivity (Wildman–Crippen MR) is 61.4 cm³/mol. The van der Waals surface area contributed by atoms with Crippen LogP contribution in [0.1, 0.15) is 5.56 Å². The van der Waals surface area contributed by atoms with Gasteiger partial charge in [0, 0.05) is 12.7 Å². The van der Waals surface area contributed by atoms with Crippen molar-refractivity contribution in [2.45, 2.75) is 13.0 Å². The summed E-state index contributed by atoms with van der Waals surface area (Å²) in [6.07, 6.45) is 1.29. The van der Waals surface area contributed by atoms with E-state index in [1.165, 1.54) is 0 Å². The Balaban J connectivity index is 2.23. The Labute approximate surface area is 96.4 Å². The molecule has 0 saturated heterocycles. The van der Waals surface area contributed by atoms with Crippen molar-refractivity contribution in [2.75, 3.05) is 0 Å². The van der Waals surface area contributed by atoms with Crippen molar-refractivity contribution in [1.29, 1.82) is 0 Å². The van der Waals surface area contributed by atoms with Crippen LogP contribution in [0.4, 0.5) is 4.39 Å². The van der Waals surface area contributed by atoms with Gasteiger partial charge in [0.2, 0.25) is 5.82 Å². The standard InChI is InChI=1S/C12H11FN2O2/c13-10-8-14-12(17)15(11(10)16)7-6-9-4-2-1-3-5-9/h1-5,8H,6-7H2,(H,14,17). The second-order valence-electron chi connectivity index (χ2n) is 3.63. The lowest BCUT2D eigenvalue weighted by Crippen LogP contribution is -2.36. The molecule has 0 unspecified atom stereocenters. The number of H-pyrrole nitrogens is 1. The van der Waals surface area contributed by atoms with E-state index < -0.39 is 17.1 Å². The van der Waals surface area contributed by atoms with Crippen LogP contribution in [0, 0.1) is 5.82 Å². The second kappa shape index (κ2) is 4.78. The van der Waals surface area contributed by atoms with Gasteiger partial charge in [-0.05, 0) is 12.0 Å². The molecule has 0 spiro atoms. The van der Waals surface area contributed by atoms with E-state index in [1.54, 1.807) is 0 Å². The first kappa shape index (κ1) is 11.3. The molecule has 1 aromatic heterocycles. The first-order valence-corrected chi connectivity index (χ1v) is 5.20. The average molecular weight is 234 g/mol. The zero-order valence-electron chi connectivity index (χ0n) is 9.02. The largest absolute Gasteiger partial charge is 0.328 e. The molecule has 5 heteroatoms. The number of aromatic nitrogens is 2. The van der Waals surface area contributed by atoms with Crippen LogP contribution in [-0.2, 0) is 13.0 Å². The number of benzene rings is 1. The Bertz CT molecular complexity index is 616. The molecule has 2 rings (SSSR count). The summed E-state index contributed by atoms with van der Waals surface area (Å²) in [7, 11) is 0. The Morgan fingerprint density at radius 3 is 2.59 bits per heavy atom. The quantitative estimate of drug-likeness (QED) is 0.858. The van der Waals surface area contributed by atoms with E-state index in [1.807, 2.05) is 30.3 Å². The van der Waals surface area contributed by atoms with E-state index in [-0.39, 0.29) is 6.54 Å². The summed E-state index contributed by atoms with van der Waals surface area (Å²) in [6, 6.07) is 9.39. The molecule has 0 bridgehead atoms. The Morgan fingerprint density at radius 2 is 1.88 bits per heavy atom. The zero-order chi connectivity index (χ0) is 12.3. The molecule has 0 aliphatic rings. The van der Waals surface area contributed by atoms with Gasteiger partial charge >= 0.3 is 5.69 Å². The maximum atomic E-state index is 13.0. The molecular formula is C12H11FN2O2. The molecule has 88 valence electrons. The van der Waals surface area contributed by atoms with Crippen molar-refractivity contribution in [1.82, 2.24) is 9.55 Å². The molecule has 4 nitrogen and oxygen atoms in total. The molecule has 1 N–H and O–H groups in total. The van der Waals surface area contributed by atoms with Gasteiger partial charge in [-0.3, -0.25) is 9.36 Å². The van der Waals surface area contributed by atoms with Gasteiger partial charge < -0.3 is 4.98 Å². The molecule has 0 amide bonds. The summed E-state index contributed by atoms with van der Waals surface area (Å²) in [5.74, 6) is -0.947. The van der Waals surface area contributed by atoms with E-state index in [9.17, 15) is 14.0 Å². The highest BCUT2D eigenvalue weighted by Gasteiger charge is 2.06. The fourth-order valence-electron chi connectivity index (χ4n) is 1.57. The highest BCUT2D eigenvalue weighted by molar-refractivity contribution is 5.14. The van der Waals surface area contributed by atoms with Gasteiger partial charge in [0.05, 0.1) is 0 Å². The summed E-state index contributed by atoms with van der Waals surface area (Å²) in [4.78, 5) is 24.9. The van der Waals surface area contributed by atoms with Crippen LogP contribution in [0.25, 0.3) is 0 Å². The normalized spacial score (nSPS) is 10.4. The lowest BCUT2D eigenvalue weighted by molar-refractivity contribution is 0.538. The van der Waals surface area contributed by atoms with Gasteiger partial charge in [0.15, 0.2) is 0 Å². The Kier molecular flexibility index (Phi) is 3.18. The summed E-state index contributed by atoms with van der Waals surface area (Å²) in [5.41, 5.74) is -0.486. The smallest absolute Gasteiger partial charge is 0.311 e. The number of hydrogen-bond donors (Lipinski definition) is 1. The minimum atomic E-state index is -0.947. The Hall–Kier alpha value is -2.17. The summed E-state index contributed by atoms with van der Waals surface area (Å²) in [6.45, 7) is 0.163. The monoisotopic (exact) mass is 234 g/mol. The molecule has 0 aliphatic heterocycles. The minimum Gasteiger partial charge on any atom is -0.311 e. The van der Waals surface area contributed by atoms with E-state index in [4.69, 9.17) is 0 Å². The molecule has 0 fully saturated rings. The lowest BCUT2D eigenvalue weighted by atomic mass is 10.1. The first-order valence-electron chi connectivity index (χ1n) is 5.20. The first-order chi connectivity index (χ1) is 8.18. The maximum Gasteiger partial charge on any atom is 0.328 e. The second-order valence-corrected chi connectivity index (χ2v) is 3.63. The number of hydrogen-bond acceptors (Lipinski definition) is 2. The summed E-state index contributed by atoms with van der Waals surface area (Å²) >= 11 is 0. The number of nitrogens with zero attached hydrogens (tertiary/aromatic N) is 1. The molecule has 0 atom stereocenters.